The van der Waals surface area contributed by atoms with E-state index in [1.54, 1.807) is 11.8 Å². The Morgan fingerprint density at radius 1 is 1.58 bits per heavy atom. The Morgan fingerprint density at radius 3 is 2.83 bits per heavy atom. The van der Waals surface area contributed by atoms with Gasteiger partial charge in [-0.3, -0.25) is 0 Å². The van der Waals surface area contributed by atoms with Crippen LogP contribution in [-0.2, 0) is 0 Å². The summed E-state index contributed by atoms with van der Waals surface area (Å²) in [4.78, 5) is 1.20. The number of rotatable bonds is 2. The lowest BCUT2D eigenvalue weighted by Crippen LogP contribution is -1.78. The van der Waals surface area contributed by atoms with Crippen LogP contribution in [0.4, 0.5) is 0 Å². The fourth-order valence-corrected chi connectivity index (χ4v) is 2.16. The second kappa shape index (κ2) is 4.54. The molecular formula is C9H8BrNS. The van der Waals surface area contributed by atoms with E-state index in [4.69, 9.17) is 5.26 Å². The third kappa shape index (κ3) is 2.26. The molecule has 0 bridgehead atoms. The van der Waals surface area contributed by atoms with Gasteiger partial charge >= 0.3 is 0 Å². The van der Waals surface area contributed by atoms with Crippen LogP contribution in [-0.4, -0.2) is 5.75 Å². The molecule has 0 fully saturated rings. The highest BCUT2D eigenvalue weighted by Crippen LogP contribution is 2.24. The van der Waals surface area contributed by atoms with Gasteiger partial charge in [-0.15, -0.1) is 11.8 Å². The van der Waals surface area contributed by atoms with Gasteiger partial charge in [0.05, 0.1) is 5.56 Å². The van der Waals surface area contributed by atoms with Crippen LogP contribution >= 0.6 is 27.7 Å². The monoisotopic (exact) mass is 241 g/mol. The molecule has 0 spiro atoms. The van der Waals surface area contributed by atoms with Gasteiger partial charge in [0.1, 0.15) is 6.07 Å². The molecule has 3 heteroatoms. The molecule has 0 aromatic heterocycles. The molecule has 0 aliphatic carbocycles. The molecule has 0 aliphatic heterocycles. The lowest BCUT2D eigenvalue weighted by molar-refractivity contribution is 1.37. The van der Waals surface area contributed by atoms with Gasteiger partial charge in [-0.1, -0.05) is 6.92 Å². The van der Waals surface area contributed by atoms with E-state index in [1.165, 1.54) is 4.90 Å². The van der Waals surface area contributed by atoms with Gasteiger partial charge in [-0.25, -0.2) is 0 Å². The van der Waals surface area contributed by atoms with Crippen LogP contribution in [0.2, 0.25) is 0 Å². The quantitative estimate of drug-likeness (QED) is 0.742. The summed E-state index contributed by atoms with van der Waals surface area (Å²) in [5.41, 5.74) is 0.690. The minimum atomic E-state index is 0.690. The average molecular weight is 242 g/mol. The highest BCUT2D eigenvalue weighted by Gasteiger charge is 1.99. The van der Waals surface area contributed by atoms with Gasteiger partial charge in [-0.05, 0) is 39.9 Å². The minimum absolute atomic E-state index is 0.690. The van der Waals surface area contributed by atoms with Gasteiger partial charge in [-0.2, -0.15) is 5.26 Å². The van der Waals surface area contributed by atoms with Crippen molar-refractivity contribution in [3.05, 3.63) is 28.2 Å². The van der Waals surface area contributed by atoms with Gasteiger partial charge in [0, 0.05) is 9.37 Å². The summed E-state index contributed by atoms with van der Waals surface area (Å²) in [6.45, 7) is 2.11. The summed E-state index contributed by atoms with van der Waals surface area (Å²) in [6, 6.07) is 7.89. The lowest BCUT2D eigenvalue weighted by atomic mass is 10.2. The van der Waals surface area contributed by atoms with Crippen molar-refractivity contribution in [3.63, 3.8) is 0 Å². The third-order valence-electron chi connectivity index (χ3n) is 1.37. The zero-order valence-corrected chi connectivity index (χ0v) is 9.08. The van der Waals surface area contributed by atoms with Gasteiger partial charge in [0.2, 0.25) is 0 Å². The van der Waals surface area contributed by atoms with E-state index >= 15 is 0 Å². The Bertz CT molecular complexity index is 317. The van der Waals surface area contributed by atoms with Gasteiger partial charge in [0.25, 0.3) is 0 Å². The van der Waals surface area contributed by atoms with Crippen LogP contribution in [0.25, 0.3) is 0 Å². The summed E-state index contributed by atoms with van der Waals surface area (Å²) in [5.74, 6) is 1.05. The van der Waals surface area contributed by atoms with Crippen LogP contribution in [0.3, 0.4) is 0 Å². The first-order valence-electron chi connectivity index (χ1n) is 3.60. The standard InChI is InChI=1S/C9H8BrNS/c1-2-12-8-4-3-7(6-11)9(10)5-8/h3-5H,2H2,1H3. The zero-order valence-electron chi connectivity index (χ0n) is 6.67. The van der Waals surface area contributed by atoms with E-state index < -0.39 is 0 Å². The third-order valence-corrected chi connectivity index (χ3v) is 2.90. The predicted molar refractivity (Wildman–Crippen MR) is 55.3 cm³/mol. The molecule has 12 heavy (non-hydrogen) atoms. The summed E-state index contributed by atoms with van der Waals surface area (Å²) in [5, 5.41) is 8.65. The Kier molecular flexibility index (Phi) is 3.64. The Hall–Kier alpha value is -0.460. The molecule has 0 saturated heterocycles. The number of hydrogen-bond donors (Lipinski definition) is 0. The number of hydrogen-bond acceptors (Lipinski definition) is 2. The number of nitriles is 1. The van der Waals surface area contributed by atoms with Crippen molar-refractivity contribution >= 4 is 27.7 Å². The Morgan fingerprint density at radius 2 is 2.33 bits per heavy atom. The van der Waals surface area contributed by atoms with Crippen LogP contribution in [0.1, 0.15) is 12.5 Å². The first-order valence-corrected chi connectivity index (χ1v) is 5.38. The number of thioether (sulfide) groups is 1. The molecule has 0 unspecified atom stereocenters. The largest absolute Gasteiger partial charge is 0.192 e. The predicted octanol–water partition coefficient (Wildman–Crippen LogP) is 3.43. The number of nitrogens with zero attached hydrogens (tertiary/aromatic N) is 1. The number of benzene rings is 1. The van der Waals surface area contributed by atoms with Crippen molar-refractivity contribution in [2.45, 2.75) is 11.8 Å². The van der Waals surface area contributed by atoms with E-state index in [9.17, 15) is 0 Å². The van der Waals surface area contributed by atoms with E-state index in [1.807, 2.05) is 18.2 Å². The minimum Gasteiger partial charge on any atom is -0.192 e. The van der Waals surface area contributed by atoms with Crippen LogP contribution in [0.15, 0.2) is 27.6 Å². The van der Waals surface area contributed by atoms with Gasteiger partial charge < -0.3 is 0 Å². The van der Waals surface area contributed by atoms with Crippen LogP contribution in [0.5, 0.6) is 0 Å². The molecule has 0 aliphatic rings. The summed E-state index contributed by atoms with van der Waals surface area (Å²) >= 11 is 5.11. The lowest BCUT2D eigenvalue weighted by Gasteiger charge is -1.99. The zero-order chi connectivity index (χ0) is 8.97. The highest BCUT2D eigenvalue weighted by molar-refractivity contribution is 9.10. The van der Waals surface area contributed by atoms with Crippen LogP contribution < -0.4 is 0 Å². The van der Waals surface area contributed by atoms with E-state index in [2.05, 4.69) is 28.9 Å². The molecule has 1 rings (SSSR count). The molecule has 0 radical (unpaired) electrons. The molecule has 0 atom stereocenters. The van der Waals surface area contributed by atoms with E-state index in [0.29, 0.717) is 5.56 Å². The molecule has 1 aromatic carbocycles. The fourth-order valence-electron chi connectivity index (χ4n) is 0.843. The SMILES string of the molecule is CCSc1ccc(C#N)c(Br)c1. The molecule has 0 amide bonds. The molecule has 0 saturated carbocycles. The molecular weight excluding hydrogens is 234 g/mol. The topological polar surface area (TPSA) is 23.8 Å². The smallest absolute Gasteiger partial charge is 0.100 e. The molecule has 0 heterocycles. The average Bonchev–Trinajstić information content (AvgIpc) is 2.05. The first kappa shape index (κ1) is 9.63. The summed E-state index contributed by atoms with van der Waals surface area (Å²) in [7, 11) is 0. The van der Waals surface area contributed by atoms with Crippen molar-refractivity contribution in [2.75, 3.05) is 5.75 Å². The number of halogens is 1. The summed E-state index contributed by atoms with van der Waals surface area (Å²) in [6.07, 6.45) is 0. The maximum Gasteiger partial charge on any atom is 0.100 e. The molecule has 1 aromatic rings. The maximum atomic E-state index is 8.65. The van der Waals surface area contributed by atoms with Crippen molar-refractivity contribution in [2.24, 2.45) is 0 Å². The molecule has 0 N–H and O–H groups in total. The second-order valence-electron chi connectivity index (χ2n) is 2.19. The van der Waals surface area contributed by atoms with Crippen molar-refractivity contribution in [3.8, 4) is 6.07 Å². The normalized spacial score (nSPS) is 9.42. The molecule has 62 valence electrons. The molecule has 1 nitrogen and oxygen atoms in total. The van der Waals surface area contributed by atoms with Crippen molar-refractivity contribution in [1.82, 2.24) is 0 Å². The van der Waals surface area contributed by atoms with Crippen molar-refractivity contribution < 1.29 is 0 Å². The Balaban J connectivity index is 2.96. The van der Waals surface area contributed by atoms with Crippen molar-refractivity contribution in [1.29, 1.82) is 5.26 Å². The maximum absolute atomic E-state index is 8.65. The van der Waals surface area contributed by atoms with Crippen LogP contribution in [0, 0.1) is 11.3 Å². The highest BCUT2D eigenvalue weighted by atomic mass is 79.9. The second-order valence-corrected chi connectivity index (χ2v) is 4.38. The fraction of sp³-hybridized carbons (Fsp3) is 0.222. The Labute approximate surface area is 84.9 Å². The van der Waals surface area contributed by atoms with E-state index in [-0.39, 0.29) is 0 Å². The summed E-state index contributed by atoms with van der Waals surface area (Å²) < 4.78 is 0.878. The van der Waals surface area contributed by atoms with Gasteiger partial charge in [0.15, 0.2) is 0 Å². The first-order chi connectivity index (χ1) is 5.77. The van der Waals surface area contributed by atoms with E-state index in [0.717, 1.165) is 10.2 Å².